The molecule has 1 amide bonds. The number of amides is 1. The lowest BCUT2D eigenvalue weighted by atomic mass is 9.74. The van der Waals surface area contributed by atoms with Crippen molar-refractivity contribution in [1.29, 1.82) is 0 Å². The average molecular weight is 442 g/mol. The number of Topliss-reactive ketones (excluding diaryl/α,β-unsaturated/α-hetero) is 1. The Labute approximate surface area is 191 Å². The minimum Gasteiger partial charge on any atom is -0.497 e. The van der Waals surface area contributed by atoms with Crippen LogP contribution in [0.5, 0.6) is 11.5 Å². The smallest absolute Gasteiger partial charge is 0.277 e. The number of benzene rings is 3. The summed E-state index contributed by atoms with van der Waals surface area (Å²) in [6, 6.07) is 19.6. The Morgan fingerprint density at radius 2 is 1.79 bits per heavy atom. The van der Waals surface area contributed by atoms with Crippen LogP contribution in [0.1, 0.15) is 27.0 Å². The molecule has 33 heavy (non-hydrogen) atoms. The van der Waals surface area contributed by atoms with Crippen molar-refractivity contribution in [3.8, 4) is 11.5 Å². The molecule has 0 aromatic heterocycles. The van der Waals surface area contributed by atoms with Gasteiger partial charge in [-0.15, -0.1) is 0 Å². The molecule has 7 nitrogen and oxygen atoms in total. The van der Waals surface area contributed by atoms with Gasteiger partial charge in [0.1, 0.15) is 23.1 Å². The number of nitrogens with one attached hydrogen (secondary N) is 1. The molecule has 2 heterocycles. The highest BCUT2D eigenvalue weighted by atomic mass is 16.7. The molecular formula is C26H22N2O5. The van der Waals surface area contributed by atoms with Crippen LogP contribution in [0.3, 0.4) is 0 Å². The van der Waals surface area contributed by atoms with Gasteiger partial charge in [-0.05, 0) is 25.1 Å². The molecule has 0 radical (unpaired) electrons. The number of oxime groups is 1. The molecule has 2 aliphatic heterocycles. The van der Waals surface area contributed by atoms with Crippen LogP contribution in [0.25, 0.3) is 0 Å². The van der Waals surface area contributed by atoms with Gasteiger partial charge < -0.3 is 19.6 Å². The standard InChI is InChI=1S/C26H22N2O5/c1-15-8-10-16(11-9-15)24(29)22-23(18-13-12-17(31-2)14-21(18)32-3)28-33-26(22)19-6-4-5-7-20(19)27-25(26)30/h4-14,22H,1-3H3,(H,27,30)/t22-,26-/m0/s1. The van der Waals surface area contributed by atoms with Crippen LogP contribution < -0.4 is 14.8 Å². The Hall–Kier alpha value is -4.13. The number of anilines is 1. The molecular weight excluding hydrogens is 420 g/mol. The Balaban J connectivity index is 1.70. The quantitative estimate of drug-likeness (QED) is 0.602. The molecule has 7 heteroatoms. The van der Waals surface area contributed by atoms with Crippen LogP contribution in [0.4, 0.5) is 5.69 Å². The fourth-order valence-corrected chi connectivity index (χ4v) is 4.46. The molecule has 0 saturated carbocycles. The van der Waals surface area contributed by atoms with Crippen molar-refractivity contribution in [3.63, 3.8) is 0 Å². The molecule has 2 aliphatic rings. The summed E-state index contributed by atoms with van der Waals surface area (Å²) < 4.78 is 10.9. The number of aryl methyl sites for hydroxylation is 1. The van der Waals surface area contributed by atoms with Gasteiger partial charge in [-0.3, -0.25) is 9.59 Å². The van der Waals surface area contributed by atoms with Crippen molar-refractivity contribution in [2.45, 2.75) is 12.5 Å². The molecule has 0 bridgehead atoms. The third-order valence-corrected chi connectivity index (χ3v) is 6.16. The van der Waals surface area contributed by atoms with E-state index >= 15 is 0 Å². The number of fused-ring (bicyclic) bond motifs is 2. The first-order chi connectivity index (χ1) is 16.0. The van der Waals surface area contributed by atoms with Gasteiger partial charge in [0.2, 0.25) is 0 Å². The first-order valence-corrected chi connectivity index (χ1v) is 10.5. The summed E-state index contributed by atoms with van der Waals surface area (Å²) >= 11 is 0. The lowest BCUT2D eigenvalue weighted by Gasteiger charge is -2.27. The number of ether oxygens (including phenoxy) is 2. The lowest BCUT2D eigenvalue weighted by molar-refractivity contribution is -0.140. The number of carbonyl (C=O) groups is 2. The third-order valence-electron chi connectivity index (χ3n) is 6.16. The second-order valence-electron chi connectivity index (χ2n) is 8.03. The zero-order valence-corrected chi connectivity index (χ0v) is 18.4. The summed E-state index contributed by atoms with van der Waals surface area (Å²) in [5, 5.41) is 7.17. The van der Waals surface area contributed by atoms with Gasteiger partial charge in [-0.25, -0.2) is 0 Å². The van der Waals surface area contributed by atoms with Crippen molar-refractivity contribution in [3.05, 3.63) is 89.0 Å². The molecule has 0 unspecified atom stereocenters. The van der Waals surface area contributed by atoms with Crippen molar-refractivity contribution < 1.29 is 23.9 Å². The van der Waals surface area contributed by atoms with Gasteiger partial charge in [-0.1, -0.05) is 53.2 Å². The van der Waals surface area contributed by atoms with E-state index in [1.54, 1.807) is 49.6 Å². The normalized spacial score (nSPS) is 20.6. The molecule has 1 spiro atoms. The van der Waals surface area contributed by atoms with Crippen molar-refractivity contribution in [2.24, 2.45) is 11.1 Å². The van der Waals surface area contributed by atoms with Crippen LogP contribution in [-0.2, 0) is 15.2 Å². The van der Waals surface area contributed by atoms with Gasteiger partial charge >= 0.3 is 0 Å². The van der Waals surface area contributed by atoms with Crippen LogP contribution in [0, 0.1) is 12.8 Å². The van der Waals surface area contributed by atoms with E-state index in [1.807, 2.05) is 31.2 Å². The molecule has 0 aliphatic carbocycles. The van der Waals surface area contributed by atoms with E-state index in [0.717, 1.165) is 5.56 Å². The van der Waals surface area contributed by atoms with Gasteiger partial charge in [0.05, 0.1) is 14.2 Å². The predicted molar refractivity (Wildman–Crippen MR) is 123 cm³/mol. The molecule has 1 N–H and O–H groups in total. The summed E-state index contributed by atoms with van der Waals surface area (Å²) in [4.78, 5) is 33.3. The van der Waals surface area contributed by atoms with Gasteiger partial charge in [0, 0.05) is 28.4 Å². The maximum absolute atomic E-state index is 14.0. The number of ketones is 1. The van der Waals surface area contributed by atoms with E-state index in [0.29, 0.717) is 39.6 Å². The number of methoxy groups -OCH3 is 2. The number of hydrogen-bond acceptors (Lipinski definition) is 6. The third kappa shape index (κ3) is 3.08. The lowest BCUT2D eigenvalue weighted by Crippen LogP contribution is -2.46. The van der Waals surface area contributed by atoms with Crippen molar-refractivity contribution in [2.75, 3.05) is 19.5 Å². The molecule has 166 valence electrons. The molecule has 2 atom stereocenters. The maximum atomic E-state index is 14.0. The highest BCUT2D eigenvalue weighted by molar-refractivity contribution is 6.25. The molecule has 0 fully saturated rings. The second kappa shape index (κ2) is 7.78. The zero-order valence-electron chi connectivity index (χ0n) is 18.4. The van der Waals surface area contributed by atoms with Crippen LogP contribution in [0.15, 0.2) is 71.9 Å². The van der Waals surface area contributed by atoms with E-state index in [4.69, 9.17) is 14.3 Å². The van der Waals surface area contributed by atoms with Gasteiger partial charge in [0.15, 0.2) is 5.78 Å². The maximum Gasteiger partial charge on any atom is 0.277 e. The molecule has 3 aromatic carbocycles. The SMILES string of the molecule is COc1ccc(C2=NO[C@]3(C(=O)Nc4ccccc43)[C@@H]2C(=O)c2ccc(C)cc2)c(OC)c1. The minimum absolute atomic E-state index is 0.268. The van der Waals surface area contributed by atoms with Crippen LogP contribution >= 0.6 is 0 Å². The van der Waals surface area contributed by atoms with E-state index < -0.39 is 17.4 Å². The van der Waals surface area contributed by atoms with Crippen LogP contribution in [-0.4, -0.2) is 31.6 Å². The Morgan fingerprint density at radius 3 is 2.52 bits per heavy atom. The summed E-state index contributed by atoms with van der Waals surface area (Å²) in [6.45, 7) is 1.95. The number of hydrogen-bond donors (Lipinski definition) is 1. The first-order valence-electron chi connectivity index (χ1n) is 10.5. The Morgan fingerprint density at radius 1 is 1.03 bits per heavy atom. The first kappa shape index (κ1) is 20.8. The molecule has 0 saturated heterocycles. The fraction of sp³-hybridized carbons (Fsp3) is 0.192. The number of rotatable bonds is 5. The second-order valence-corrected chi connectivity index (χ2v) is 8.03. The van der Waals surface area contributed by atoms with Gasteiger partial charge in [-0.2, -0.15) is 0 Å². The van der Waals surface area contributed by atoms with Crippen molar-refractivity contribution >= 4 is 23.1 Å². The fourth-order valence-electron chi connectivity index (χ4n) is 4.46. The number of para-hydroxylation sites is 1. The van der Waals surface area contributed by atoms with Gasteiger partial charge in [0.25, 0.3) is 11.5 Å². The predicted octanol–water partition coefficient (Wildman–Crippen LogP) is 4.09. The minimum atomic E-state index is -1.61. The monoisotopic (exact) mass is 442 g/mol. The van der Waals surface area contributed by atoms with E-state index in [-0.39, 0.29) is 5.78 Å². The Bertz CT molecular complexity index is 1300. The average Bonchev–Trinajstić information content (AvgIpc) is 3.37. The van der Waals surface area contributed by atoms with E-state index in [2.05, 4.69) is 10.5 Å². The summed E-state index contributed by atoms with van der Waals surface area (Å²) in [6.07, 6.45) is 0. The Kier molecular flexibility index (Phi) is 4.89. The van der Waals surface area contributed by atoms with E-state index in [1.165, 1.54) is 7.11 Å². The highest BCUT2D eigenvalue weighted by Crippen LogP contribution is 2.50. The summed E-state index contributed by atoms with van der Waals surface area (Å²) in [5.74, 6) is -0.667. The van der Waals surface area contributed by atoms with E-state index in [9.17, 15) is 9.59 Å². The highest BCUT2D eigenvalue weighted by Gasteiger charge is 2.63. The molecule has 3 aromatic rings. The largest absolute Gasteiger partial charge is 0.497 e. The summed E-state index contributed by atoms with van der Waals surface area (Å²) in [5.41, 5.74) is 1.93. The number of nitrogens with zero attached hydrogens (tertiary/aromatic N) is 1. The summed E-state index contributed by atoms with van der Waals surface area (Å²) in [7, 11) is 3.09. The zero-order chi connectivity index (χ0) is 23.2. The topological polar surface area (TPSA) is 86.2 Å². The van der Waals surface area contributed by atoms with Crippen molar-refractivity contribution in [1.82, 2.24) is 0 Å². The molecule has 5 rings (SSSR count). The number of carbonyl (C=O) groups excluding carboxylic acids is 2. The van der Waals surface area contributed by atoms with Crippen LogP contribution in [0.2, 0.25) is 0 Å².